The molecule has 138 valence electrons. The molecule has 1 amide bonds. The summed E-state index contributed by atoms with van der Waals surface area (Å²) in [5, 5.41) is 5.42. The second-order valence-corrected chi connectivity index (χ2v) is 8.35. The third-order valence-corrected chi connectivity index (χ3v) is 5.67. The molecule has 0 atom stereocenters. The van der Waals surface area contributed by atoms with Crippen molar-refractivity contribution in [1.82, 2.24) is 4.90 Å². The zero-order chi connectivity index (χ0) is 19.1. The van der Waals surface area contributed by atoms with Crippen molar-refractivity contribution in [1.29, 1.82) is 0 Å². The highest BCUT2D eigenvalue weighted by Crippen LogP contribution is 2.32. The van der Waals surface area contributed by atoms with Gasteiger partial charge in [0.1, 0.15) is 5.82 Å². The van der Waals surface area contributed by atoms with E-state index in [2.05, 4.69) is 0 Å². The number of rotatable bonds is 5. The van der Waals surface area contributed by atoms with Crippen LogP contribution in [0.2, 0.25) is 5.02 Å². The quantitative estimate of drug-likeness (QED) is 0.842. The zero-order valence-corrected chi connectivity index (χ0v) is 15.6. The number of benzene rings is 2. The summed E-state index contributed by atoms with van der Waals surface area (Å²) in [6.45, 7) is 1.73. The Hall–Kier alpha value is -1.96. The fraction of sp³-hybridized carbons (Fsp3) is 0.278. The smallest absolute Gasteiger partial charge is 0.254 e. The van der Waals surface area contributed by atoms with Crippen LogP contribution < -0.4 is 5.14 Å². The summed E-state index contributed by atoms with van der Waals surface area (Å²) >= 11 is 6.09. The molecule has 8 heteroatoms. The molecule has 0 heterocycles. The fourth-order valence-electron chi connectivity index (χ4n) is 2.77. The van der Waals surface area contributed by atoms with Crippen LogP contribution in [0.3, 0.4) is 0 Å². The molecule has 1 aliphatic carbocycles. The van der Waals surface area contributed by atoms with E-state index in [0.717, 1.165) is 12.8 Å². The molecule has 0 spiro atoms. The molecule has 0 unspecified atom stereocenters. The van der Waals surface area contributed by atoms with Crippen LogP contribution in [0.4, 0.5) is 4.39 Å². The molecule has 1 saturated carbocycles. The van der Waals surface area contributed by atoms with Crippen molar-refractivity contribution < 1.29 is 17.6 Å². The van der Waals surface area contributed by atoms with Gasteiger partial charge in [-0.3, -0.25) is 4.79 Å². The summed E-state index contributed by atoms with van der Waals surface area (Å²) < 4.78 is 37.3. The Labute approximate surface area is 156 Å². The number of hydrogen-bond acceptors (Lipinski definition) is 3. The number of carbonyl (C=O) groups excluding carboxylic acids is 1. The molecule has 2 aromatic carbocycles. The molecule has 3 rings (SSSR count). The molecular weight excluding hydrogens is 379 g/mol. The highest BCUT2D eigenvalue weighted by atomic mass is 35.5. The van der Waals surface area contributed by atoms with Crippen LogP contribution >= 0.6 is 11.6 Å². The van der Waals surface area contributed by atoms with Crippen molar-refractivity contribution in [3.63, 3.8) is 0 Å². The van der Waals surface area contributed by atoms with Crippen LogP contribution in [0, 0.1) is 12.7 Å². The Morgan fingerprint density at radius 2 is 2.00 bits per heavy atom. The monoisotopic (exact) mass is 396 g/mol. The molecule has 1 fully saturated rings. The van der Waals surface area contributed by atoms with Crippen LogP contribution in [-0.4, -0.2) is 25.3 Å². The van der Waals surface area contributed by atoms with Crippen molar-refractivity contribution in [2.45, 2.75) is 37.2 Å². The summed E-state index contributed by atoms with van der Waals surface area (Å²) in [5.41, 5.74) is 1.10. The van der Waals surface area contributed by atoms with Gasteiger partial charge in [-0.2, -0.15) is 0 Å². The van der Waals surface area contributed by atoms with E-state index < -0.39 is 15.8 Å². The first-order valence-corrected chi connectivity index (χ1v) is 9.98. The van der Waals surface area contributed by atoms with Crippen molar-refractivity contribution in [3.8, 4) is 0 Å². The van der Waals surface area contributed by atoms with Gasteiger partial charge in [-0.1, -0.05) is 23.7 Å². The zero-order valence-electron chi connectivity index (χ0n) is 14.1. The Balaban J connectivity index is 1.98. The highest BCUT2D eigenvalue weighted by Gasteiger charge is 2.34. The van der Waals surface area contributed by atoms with Crippen LogP contribution in [-0.2, 0) is 16.6 Å². The van der Waals surface area contributed by atoms with Gasteiger partial charge < -0.3 is 4.90 Å². The molecule has 1 aliphatic rings. The minimum Gasteiger partial charge on any atom is -0.331 e. The molecular formula is C18H18ClFN2O3S. The topological polar surface area (TPSA) is 80.5 Å². The maximum absolute atomic E-state index is 14.1. The van der Waals surface area contributed by atoms with Gasteiger partial charge >= 0.3 is 0 Å². The minimum atomic E-state index is -3.93. The minimum absolute atomic E-state index is 0.0179. The SMILES string of the molecule is Cc1ccc(S(N)(=O)=O)cc1C(=O)N(Cc1c(F)cccc1Cl)C1CC1. The normalized spacial score (nSPS) is 14.3. The lowest BCUT2D eigenvalue weighted by Crippen LogP contribution is -2.33. The average Bonchev–Trinajstić information content (AvgIpc) is 3.38. The molecule has 0 saturated heterocycles. The highest BCUT2D eigenvalue weighted by molar-refractivity contribution is 7.89. The van der Waals surface area contributed by atoms with E-state index in [1.165, 1.54) is 30.3 Å². The Morgan fingerprint density at radius 3 is 2.58 bits per heavy atom. The number of nitrogens with two attached hydrogens (primary N) is 1. The fourth-order valence-corrected chi connectivity index (χ4v) is 3.53. The summed E-state index contributed by atoms with van der Waals surface area (Å²) in [6, 6.07) is 8.52. The van der Waals surface area contributed by atoms with Gasteiger partial charge in [-0.25, -0.2) is 17.9 Å². The Morgan fingerprint density at radius 1 is 1.31 bits per heavy atom. The van der Waals surface area contributed by atoms with Gasteiger partial charge in [0.05, 0.1) is 11.4 Å². The van der Waals surface area contributed by atoms with Gasteiger partial charge in [0.25, 0.3) is 5.91 Å². The molecule has 0 aliphatic heterocycles. The van der Waals surface area contributed by atoms with Crippen molar-refractivity contribution in [2.24, 2.45) is 5.14 Å². The largest absolute Gasteiger partial charge is 0.331 e. The summed E-state index contributed by atoms with van der Waals surface area (Å²) in [5.74, 6) is -0.847. The lowest BCUT2D eigenvalue weighted by molar-refractivity contribution is 0.0727. The molecule has 2 aromatic rings. The van der Waals surface area contributed by atoms with Crippen molar-refractivity contribution in [2.75, 3.05) is 0 Å². The van der Waals surface area contributed by atoms with Crippen molar-refractivity contribution in [3.05, 3.63) is 63.9 Å². The third kappa shape index (κ3) is 3.90. The number of primary sulfonamides is 1. The van der Waals surface area contributed by atoms with Gasteiger partial charge in [-0.05, 0) is 49.6 Å². The van der Waals surface area contributed by atoms with Gasteiger partial charge in [0.15, 0.2) is 0 Å². The summed E-state index contributed by atoms with van der Waals surface area (Å²) in [4.78, 5) is 14.5. The third-order valence-electron chi connectivity index (χ3n) is 4.41. The Bertz CT molecular complexity index is 954. The van der Waals surface area contributed by atoms with Crippen LogP contribution in [0.25, 0.3) is 0 Å². The maximum Gasteiger partial charge on any atom is 0.254 e. The predicted molar refractivity (Wildman–Crippen MR) is 96.9 cm³/mol. The predicted octanol–water partition coefficient (Wildman–Crippen LogP) is 3.24. The first-order chi connectivity index (χ1) is 12.2. The average molecular weight is 397 g/mol. The van der Waals surface area contributed by atoms with E-state index >= 15 is 0 Å². The van der Waals surface area contributed by atoms with E-state index in [-0.39, 0.29) is 39.5 Å². The molecule has 0 radical (unpaired) electrons. The maximum atomic E-state index is 14.1. The number of nitrogens with zero attached hydrogens (tertiary/aromatic N) is 1. The van der Waals surface area contributed by atoms with Crippen LogP contribution in [0.1, 0.15) is 34.3 Å². The van der Waals surface area contributed by atoms with E-state index in [0.29, 0.717) is 5.56 Å². The van der Waals surface area contributed by atoms with E-state index in [1.807, 2.05) is 0 Å². The molecule has 2 N–H and O–H groups in total. The van der Waals surface area contributed by atoms with Gasteiger partial charge in [0, 0.05) is 22.2 Å². The summed E-state index contributed by atoms with van der Waals surface area (Å²) in [7, 11) is -3.93. The second-order valence-electron chi connectivity index (χ2n) is 6.39. The lowest BCUT2D eigenvalue weighted by atomic mass is 10.1. The molecule has 5 nitrogen and oxygen atoms in total. The van der Waals surface area contributed by atoms with Crippen LogP contribution in [0.5, 0.6) is 0 Å². The number of hydrogen-bond donors (Lipinski definition) is 1. The van der Waals surface area contributed by atoms with Gasteiger partial charge in [-0.15, -0.1) is 0 Å². The van der Waals surface area contributed by atoms with E-state index in [1.54, 1.807) is 17.9 Å². The van der Waals surface area contributed by atoms with Crippen LogP contribution in [0.15, 0.2) is 41.3 Å². The number of amides is 1. The molecule has 26 heavy (non-hydrogen) atoms. The first kappa shape index (κ1) is 18.8. The lowest BCUT2D eigenvalue weighted by Gasteiger charge is -2.24. The number of aryl methyl sites for hydroxylation is 1. The molecule has 0 aromatic heterocycles. The first-order valence-electron chi connectivity index (χ1n) is 8.06. The summed E-state index contributed by atoms with van der Waals surface area (Å²) in [6.07, 6.45) is 1.62. The molecule has 0 bridgehead atoms. The Kier molecular flexibility index (Phi) is 5.05. The van der Waals surface area contributed by atoms with E-state index in [9.17, 15) is 17.6 Å². The number of sulfonamides is 1. The standard InChI is InChI=1S/C18H18ClFN2O3S/c1-11-5-8-13(26(21,24)25)9-14(11)18(23)22(12-6-7-12)10-15-16(19)3-2-4-17(15)20/h2-5,8-9,12H,6-7,10H2,1H3,(H2,21,24,25). The number of halogens is 2. The van der Waals surface area contributed by atoms with Crippen molar-refractivity contribution >= 4 is 27.5 Å². The van der Waals surface area contributed by atoms with Gasteiger partial charge in [0.2, 0.25) is 10.0 Å². The number of carbonyl (C=O) groups is 1. The second kappa shape index (κ2) is 6.98. The van der Waals surface area contributed by atoms with E-state index in [4.69, 9.17) is 16.7 Å².